The molecule has 280 valence electrons. The lowest BCUT2D eigenvalue weighted by Gasteiger charge is -2.38. The molecule has 0 radical (unpaired) electrons. The number of benzene rings is 1. The van der Waals surface area contributed by atoms with Crippen molar-refractivity contribution in [2.75, 3.05) is 19.6 Å². The number of carbonyl (C=O) groups excluding carboxylic acids is 6. The van der Waals surface area contributed by atoms with Gasteiger partial charge in [0.25, 0.3) is 11.8 Å². The number of Topliss-reactive ketones (excluding diaryl/α,β-unsaturated/α-hetero) is 1. The number of nitrogens with zero attached hydrogens (tertiary/aromatic N) is 2. The molecule has 1 aromatic carbocycles. The van der Waals surface area contributed by atoms with Gasteiger partial charge in [-0.1, -0.05) is 99.4 Å². The van der Waals surface area contributed by atoms with Gasteiger partial charge in [0, 0.05) is 38.2 Å². The largest absolute Gasteiger partial charge is 0.351 e. The molecule has 1 saturated heterocycles. The summed E-state index contributed by atoms with van der Waals surface area (Å²) >= 11 is 0. The lowest BCUT2D eigenvalue weighted by atomic mass is 9.77. The Morgan fingerprint density at radius 1 is 1.02 bits per heavy atom. The summed E-state index contributed by atoms with van der Waals surface area (Å²) < 4.78 is 0. The molecular formula is C40H59N5O6. The zero-order chi connectivity index (χ0) is 38.1. The highest BCUT2D eigenvalue weighted by molar-refractivity contribution is 6.38. The van der Waals surface area contributed by atoms with Crippen LogP contribution in [0, 0.1) is 34.0 Å². The first kappa shape index (κ1) is 39.8. The average Bonchev–Trinajstić information content (AvgIpc) is 3.34. The van der Waals surface area contributed by atoms with Crippen molar-refractivity contribution in [1.82, 2.24) is 25.8 Å². The molecule has 11 heteroatoms. The second-order valence-electron chi connectivity index (χ2n) is 17.4. The molecule has 11 nitrogen and oxygen atoms in total. The third kappa shape index (κ3) is 8.72. The fraction of sp³-hybridized carbons (Fsp3) is 0.650. The van der Waals surface area contributed by atoms with E-state index in [1.165, 1.54) is 6.08 Å². The van der Waals surface area contributed by atoms with E-state index >= 15 is 0 Å². The minimum atomic E-state index is -1.02. The minimum absolute atomic E-state index is 0.0623. The highest BCUT2D eigenvalue weighted by Gasteiger charge is 2.69. The van der Waals surface area contributed by atoms with E-state index in [2.05, 4.69) is 36.4 Å². The van der Waals surface area contributed by atoms with Crippen molar-refractivity contribution in [2.24, 2.45) is 34.0 Å². The molecule has 4 rings (SSSR count). The summed E-state index contributed by atoms with van der Waals surface area (Å²) in [6.45, 7) is 22.8. The molecule has 2 aliphatic heterocycles. The van der Waals surface area contributed by atoms with Crippen LogP contribution in [0.5, 0.6) is 0 Å². The number of unbranched alkanes of at least 4 members (excludes halogenated alkanes) is 1. The van der Waals surface area contributed by atoms with Gasteiger partial charge >= 0.3 is 0 Å². The summed E-state index contributed by atoms with van der Waals surface area (Å²) in [5, 5.41) is 8.53. The van der Waals surface area contributed by atoms with Crippen LogP contribution in [-0.2, 0) is 30.5 Å². The monoisotopic (exact) mass is 705 g/mol. The Bertz CT molecular complexity index is 1540. The molecule has 0 spiro atoms. The number of nitrogens with one attached hydrogen (secondary N) is 3. The molecule has 2 fully saturated rings. The van der Waals surface area contributed by atoms with Gasteiger partial charge in [0.1, 0.15) is 6.04 Å². The number of hydrogen-bond acceptors (Lipinski definition) is 6. The van der Waals surface area contributed by atoms with E-state index in [0.717, 1.165) is 12.0 Å². The highest BCUT2D eigenvalue weighted by Crippen LogP contribution is 2.65. The number of carbonyl (C=O) groups is 6. The first-order chi connectivity index (χ1) is 23.7. The number of fused-ring (bicyclic) bond motifs is 2. The Hall–Kier alpha value is -4.02. The summed E-state index contributed by atoms with van der Waals surface area (Å²) in [5.41, 5.74) is 0.458. The third-order valence-corrected chi connectivity index (χ3v) is 11.3. The summed E-state index contributed by atoms with van der Waals surface area (Å²) in [7, 11) is 0. The molecule has 2 heterocycles. The van der Waals surface area contributed by atoms with Crippen molar-refractivity contribution < 1.29 is 28.8 Å². The van der Waals surface area contributed by atoms with Crippen LogP contribution in [0.15, 0.2) is 36.9 Å². The Morgan fingerprint density at radius 3 is 2.27 bits per heavy atom. The maximum Gasteiger partial charge on any atom is 0.289 e. The van der Waals surface area contributed by atoms with Gasteiger partial charge in [0.05, 0.1) is 18.0 Å². The summed E-state index contributed by atoms with van der Waals surface area (Å²) in [4.78, 5) is 84.8. The lowest BCUT2D eigenvalue weighted by Crippen LogP contribution is -2.57. The van der Waals surface area contributed by atoms with Crippen LogP contribution >= 0.6 is 0 Å². The van der Waals surface area contributed by atoms with Gasteiger partial charge in [0.15, 0.2) is 0 Å². The minimum Gasteiger partial charge on any atom is -0.351 e. The first-order valence-corrected chi connectivity index (χ1v) is 18.4. The highest BCUT2D eigenvalue weighted by atomic mass is 16.2. The summed E-state index contributed by atoms with van der Waals surface area (Å²) in [6.07, 6.45) is 3.09. The third-order valence-electron chi connectivity index (χ3n) is 11.3. The Kier molecular flexibility index (Phi) is 11.9. The van der Waals surface area contributed by atoms with E-state index in [-0.39, 0.29) is 59.4 Å². The predicted molar refractivity (Wildman–Crippen MR) is 196 cm³/mol. The molecule has 5 amide bonds. The van der Waals surface area contributed by atoms with Crippen molar-refractivity contribution >= 4 is 35.3 Å². The topological polar surface area (TPSA) is 145 Å². The second-order valence-corrected chi connectivity index (χ2v) is 17.4. The number of likely N-dealkylation sites (tertiary alicyclic amines) is 1. The zero-order valence-corrected chi connectivity index (χ0v) is 32.1. The van der Waals surface area contributed by atoms with E-state index in [9.17, 15) is 28.8 Å². The zero-order valence-electron chi connectivity index (χ0n) is 32.1. The molecule has 0 bridgehead atoms. The molecule has 1 aromatic rings. The maximum absolute atomic E-state index is 14.5. The Labute approximate surface area is 303 Å². The predicted octanol–water partition coefficient (Wildman–Crippen LogP) is 4.26. The van der Waals surface area contributed by atoms with Gasteiger partial charge in [-0.3, -0.25) is 28.8 Å². The van der Waals surface area contributed by atoms with Crippen molar-refractivity contribution in [3.05, 3.63) is 48.0 Å². The van der Waals surface area contributed by atoms with Crippen LogP contribution in [-0.4, -0.2) is 82.9 Å². The molecular weight excluding hydrogens is 646 g/mol. The SMILES string of the molecule is C=CCNC(=O)C(=O)C(CCCC)NC(=O)[C@@H]1[C@@H]2[C@H](CN1C(=O)[C@@H](CC(=O)N[C@H](CN1Cc3ccccc3C1=O)C(C)(C)C)C(C)(C)C)C2(C)C. The van der Waals surface area contributed by atoms with Crippen LogP contribution in [0.4, 0.5) is 0 Å². The van der Waals surface area contributed by atoms with E-state index in [4.69, 9.17) is 0 Å². The van der Waals surface area contributed by atoms with Crippen molar-refractivity contribution in [3.63, 3.8) is 0 Å². The molecule has 3 N–H and O–H groups in total. The Balaban J connectivity index is 1.52. The lowest BCUT2D eigenvalue weighted by molar-refractivity contribution is -0.149. The number of ketones is 1. The van der Waals surface area contributed by atoms with E-state index in [1.807, 2.05) is 72.7 Å². The fourth-order valence-electron chi connectivity index (χ4n) is 7.78. The summed E-state index contributed by atoms with van der Waals surface area (Å²) in [5.74, 6) is -3.36. The van der Waals surface area contributed by atoms with Crippen LogP contribution in [0.1, 0.15) is 104 Å². The molecule has 1 saturated carbocycles. The molecule has 51 heavy (non-hydrogen) atoms. The van der Waals surface area contributed by atoms with Gasteiger partial charge in [-0.2, -0.15) is 0 Å². The van der Waals surface area contributed by atoms with Crippen LogP contribution < -0.4 is 16.0 Å². The first-order valence-electron chi connectivity index (χ1n) is 18.4. The quantitative estimate of drug-likeness (QED) is 0.184. The summed E-state index contributed by atoms with van der Waals surface area (Å²) in [6, 6.07) is 5.30. The molecule has 0 aromatic heterocycles. The van der Waals surface area contributed by atoms with Crippen LogP contribution in [0.3, 0.4) is 0 Å². The van der Waals surface area contributed by atoms with Gasteiger partial charge < -0.3 is 25.8 Å². The molecule has 3 aliphatic rings. The average molecular weight is 706 g/mol. The normalized spacial score (nSPS) is 22.3. The van der Waals surface area contributed by atoms with Gasteiger partial charge in [-0.25, -0.2) is 0 Å². The van der Waals surface area contributed by atoms with E-state index < -0.39 is 41.0 Å². The van der Waals surface area contributed by atoms with Gasteiger partial charge in [-0.15, -0.1) is 6.58 Å². The molecule has 1 unspecified atom stereocenters. The molecule has 6 atom stereocenters. The second kappa shape index (κ2) is 15.3. The van der Waals surface area contributed by atoms with E-state index in [0.29, 0.717) is 38.0 Å². The van der Waals surface area contributed by atoms with Gasteiger partial charge in [-0.05, 0) is 46.1 Å². The van der Waals surface area contributed by atoms with Gasteiger partial charge in [0.2, 0.25) is 23.5 Å². The standard InChI is InChI=1S/C40H59N5O6/c1-11-13-18-28(33(47)35(49)41-19-12-2)42-34(48)32-31-27(40(31,9)10)22-45(32)37(51)26(38(3,4)5)20-30(46)43-29(39(6,7)8)23-44-21-24-16-14-15-17-25(24)36(44)50/h12,14-17,26-29,31-32H,2,11,13,18-23H2,1,3-10H3,(H,41,49)(H,42,48)(H,43,46)/t26-,27+,28?,29-,31+,32+/m1/s1. The number of hydrogen-bond donors (Lipinski definition) is 3. The van der Waals surface area contributed by atoms with Crippen molar-refractivity contribution in [3.8, 4) is 0 Å². The fourth-order valence-corrected chi connectivity index (χ4v) is 7.78. The van der Waals surface area contributed by atoms with Crippen LogP contribution in [0.2, 0.25) is 0 Å². The number of amides is 5. The van der Waals surface area contributed by atoms with Crippen molar-refractivity contribution in [2.45, 2.75) is 113 Å². The maximum atomic E-state index is 14.5. The molecule has 1 aliphatic carbocycles. The smallest absolute Gasteiger partial charge is 0.289 e. The van der Waals surface area contributed by atoms with E-state index in [1.54, 1.807) is 9.80 Å². The number of piperidine rings is 1. The van der Waals surface area contributed by atoms with Crippen molar-refractivity contribution in [1.29, 1.82) is 0 Å². The number of rotatable bonds is 15. The van der Waals surface area contributed by atoms with Crippen LogP contribution in [0.25, 0.3) is 0 Å². The Morgan fingerprint density at radius 2 is 1.69 bits per heavy atom.